The molecule has 76 valence electrons. The van der Waals surface area contributed by atoms with Crippen LogP contribution in [0.1, 0.15) is 0 Å². The Hall–Kier alpha value is -1.79. The fourth-order valence-electron chi connectivity index (χ4n) is 0.812. The lowest BCUT2D eigenvalue weighted by Crippen LogP contribution is -2.02. The van der Waals surface area contributed by atoms with Crippen molar-refractivity contribution in [2.75, 3.05) is 0 Å². The van der Waals surface area contributed by atoms with Crippen LogP contribution in [0.15, 0.2) is 18.2 Å². The standard InChI is InChI=1S/C7H4F3NO3/c8-5-3-4(14-7(9)10)1-2-6(5)11(12)13/h1-3,7H. The van der Waals surface area contributed by atoms with Gasteiger partial charge in [0.25, 0.3) is 0 Å². The predicted molar refractivity (Wildman–Crippen MR) is 39.7 cm³/mol. The molecule has 0 radical (unpaired) electrons. The van der Waals surface area contributed by atoms with Gasteiger partial charge in [-0.25, -0.2) is 0 Å². The molecule has 0 aliphatic carbocycles. The number of ether oxygens (including phenoxy) is 1. The van der Waals surface area contributed by atoms with Crippen LogP contribution >= 0.6 is 0 Å². The van der Waals surface area contributed by atoms with Crippen LogP contribution in [0.2, 0.25) is 0 Å². The second-order valence-electron chi connectivity index (χ2n) is 2.25. The van der Waals surface area contributed by atoms with Crippen molar-refractivity contribution in [2.24, 2.45) is 0 Å². The molecule has 0 heterocycles. The number of nitro groups is 1. The Morgan fingerprint density at radius 2 is 2.07 bits per heavy atom. The lowest BCUT2D eigenvalue weighted by molar-refractivity contribution is -0.387. The van der Waals surface area contributed by atoms with E-state index in [1.807, 2.05) is 0 Å². The Labute approximate surface area is 76.1 Å². The first-order chi connectivity index (χ1) is 6.50. The van der Waals surface area contributed by atoms with Crippen LogP contribution in [0.25, 0.3) is 0 Å². The number of hydrogen-bond acceptors (Lipinski definition) is 3. The summed E-state index contributed by atoms with van der Waals surface area (Å²) in [4.78, 5) is 9.17. The van der Waals surface area contributed by atoms with Crippen LogP contribution in [-0.4, -0.2) is 11.5 Å². The molecule has 0 bridgehead atoms. The van der Waals surface area contributed by atoms with Gasteiger partial charge < -0.3 is 4.74 Å². The van der Waals surface area contributed by atoms with Crippen LogP contribution < -0.4 is 4.74 Å². The van der Waals surface area contributed by atoms with Crippen LogP contribution in [0.3, 0.4) is 0 Å². The topological polar surface area (TPSA) is 52.4 Å². The van der Waals surface area contributed by atoms with Crippen LogP contribution in [0.5, 0.6) is 5.75 Å². The zero-order valence-corrected chi connectivity index (χ0v) is 6.62. The number of benzene rings is 1. The molecule has 0 fully saturated rings. The Morgan fingerprint density at radius 3 is 2.50 bits per heavy atom. The van der Waals surface area contributed by atoms with Gasteiger partial charge in [-0.1, -0.05) is 0 Å². The highest BCUT2D eigenvalue weighted by atomic mass is 19.3. The number of rotatable bonds is 3. The molecule has 0 spiro atoms. The monoisotopic (exact) mass is 207 g/mol. The molecule has 4 nitrogen and oxygen atoms in total. The minimum atomic E-state index is -3.09. The Balaban J connectivity index is 2.94. The van der Waals surface area contributed by atoms with Crippen LogP contribution in [-0.2, 0) is 0 Å². The summed E-state index contributed by atoms with van der Waals surface area (Å²) in [7, 11) is 0. The van der Waals surface area contributed by atoms with Crippen molar-refractivity contribution in [3.05, 3.63) is 34.1 Å². The van der Waals surface area contributed by atoms with Crippen molar-refractivity contribution in [3.8, 4) is 5.75 Å². The third kappa shape index (κ3) is 2.35. The molecule has 0 saturated heterocycles. The maximum absolute atomic E-state index is 12.8. The van der Waals surface area contributed by atoms with Crippen LogP contribution in [0.4, 0.5) is 18.9 Å². The number of nitro benzene ring substituents is 1. The molecule has 0 unspecified atom stereocenters. The van der Waals surface area contributed by atoms with Gasteiger partial charge in [0.15, 0.2) is 0 Å². The summed E-state index contributed by atoms with van der Waals surface area (Å²) in [6.07, 6.45) is 0. The van der Waals surface area contributed by atoms with E-state index in [9.17, 15) is 23.3 Å². The normalized spacial score (nSPS) is 10.3. The second kappa shape index (κ2) is 3.95. The maximum atomic E-state index is 12.8. The molecule has 0 N–H and O–H groups in total. The average molecular weight is 207 g/mol. The van der Waals surface area contributed by atoms with Gasteiger partial charge in [0.05, 0.1) is 4.92 Å². The lowest BCUT2D eigenvalue weighted by atomic mass is 10.3. The quantitative estimate of drug-likeness (QED) is 0.564. The first-order valence-corrected chi connectivity index (χ1v) is 3.39. The van der Waals surface area contributed by atoms with E-state index in [1.54, 1.807) is 0 Å². The fraction of sp³-hybridized carbons (Fsp3) is 0.143. The van der Waals surface area contributed by atoms with E-state index in [0.717, 1.165) is 12.1 Å². The largest absolute Gasteiger partial charge is 0.435 e. The van der Waals surface area contributed by atoms with Gasteiger partial charge >= 0.3 is 12.3 Å². The maximum Gasteiger partial charge on any atom is 0.387 e. The first kappa shape index (κ1) is 10.3. The number of nitrogens with zero attached hydrogens (tertiary/aromatic N) is 1. The van der Waals surface area contributed by atoms with Gasteiger partial charge in [-0.2, -0.15) is 13.2 Å². The summed E-state index contributed by atoms with van der Waals surface area (Å²) < 4.78 is 39.9. The lowest BCUT2D eigenvalue weighted by Gasteiger charge is -2.03. The Morgan fingerprint density at radius 1 is 1.43 bits per heavy atom. The fourth-order valence-corrected chi connectivity index (χ4v) is 0.812. The number of hydrogen-bond donors (Lipinski definition) is 0. The molecule has 1 aromatic carbocycles. The highest BCUT2D eigenvalue weighted by Gasteiger charge is 2.15. The minimum Gasteiger partial charge on any atom is -0.435 e. The molecule has 1 rings (SSSR count). The van der Waals surface area contributed by atoms with Gasteiger partial charge in [-0.3, -0.25) is 10.1 Å². The van der Waals surface area contributed by atoms with Crippen molar-refractivity contribution in [1.82, 2.24) is 0 Å². The zero-order chi connectivity index (χ0) is 10.7. The van der Waals surface area contributed by atoms with Gasteiger partial charge in [0.1, 0.15) is 5.75 Å². The highest BCUT2D eigenvalue weighted by Crippen LogP contribution is 2.23. The van der Waals surface area contributed by atoms with Gasteiger partial charge in [0, 0.05) is 12.1 Å². The molecule has 0 aromatic heterocycles. The van der Waals surface area contributed by atoms with Gasteiger partial charge in [0.2, 0.25) is 5.82 Å². The summed E-state index contributed by atoms with van der Waals surface area (Å²) >= 11 is 0. The first-order valence-electron chi connectivity index (χ1n) is 3.39. The van der Waals surface area contributed by atoms with Crippen molar-refractivity contribution in [1.29, 1.82) is 0 Å². The third-order valence-electron chi connectivity index (χ3n) is 1.34. The van der Waals surface area contributed by atoms with E-state index in [-0.39, 0.29) is 0 Å². The van der Waals surface area contributed by atoms with Gasteiger partial charge in [-0.15, -0.1) is 0 Å². The van der Waals surface area contributed by atoms with E-state index in [1.165, 1.54) is 0 Å². The minimum absolute atomic E-state index is 0.455. The Bertz CT molecular complexity index is 356. The zero-order valence-electron chi connectivity index (χ0n) is 6.62. The molecule has 0 atom stereocenters. The Kier molecular flexibility index (Phi) is 2.90. The van der Waals surface area contributed by atoms with Crippen molar-refractivity contribution >= 4 is 5.69 Å². The molecule has 0 aliphatic rings. The molecule has 0 saturated carbocycles. The molecule has 14 heavy (non-hydrogen) atoms. The molecule has 0 aliphatic heterocycles. The summed E-state index contributed by atoms with van der Waals surface area (Å²) in [5.41, 5.74) is -0.786. The summed E-state index contributed by atoms with van der Waals surface area (Å²) in [5, 5.41) is 10.1. The van der Waals surface area contributed by atoms with E-state index in [0.29, 0.717) is 6.07 Å². The van der Waals surface area contributed by atoms with E-state index >= 15 is 0 Å². The second-order valence-corrected chi connectivity index (χ2v) is 2.25. The summed E-state index contributed by atoms with van der Waals surface area (Å²) in [5.74, 6) is -1.67. The van der Waals surface area contributed by atoms with Gasteiger partial charge in [-0.05, 0) is 6.07 Å². The highest BCUT2D eigenvalue weighted by molar-refractivity contribution is 5.37. The van der Waals surface area contributed by atoms with Crippen molar-refractivity contribution in [2.45, 2.75) is 6.61 Å². The van der Waals surface area contributed by atoms with E-state index in [2.05, 4.69) is 4.74 Å². The molecular formula is C7H4F3NO3. The third-order valence-corrected chi connectivity index (χ3v) is 1.34. The number of halogens is 3. The molecular weight excluding hydrogens is 203 g/mol. The summed E-state index contributed by atoms with van der Waals surface area (Å²) in [6, 6.07) is 2.19. The van der Waals surface area contributed by atoms with E-state index in [4.69, 9.17) is 0 Å². The number of alkyl halides is 2. The van der Waals surface area contributed by atoms with E-state index < -0.39 is 28.8 Å². The molecule has 1 aromatic rings. The predicted octanol–water partition coefficient (Wildman–Crippen LogP) is 2.34. The SMILES string of the molecule is O=[N+]([O-])c1ccc(OC(F)F)cc1F. The smallest absolute Gasteiger partial charge is 0.387 e. The summed E-state index contributed by atoms with van der Waals surface area (Å²) in [6.45, 7) is -3.09. The van der Waals surface area contributed by atoms with Crippen molar-refractivity contribution < 1.29 is 22.8 Å². The molecule has 0 amide bonds. The average Bonchev–Trinajstić information content (AvgIpc) is 2.01. The molecule has 7 heteroatoms. The van der Waals surface area contributed by atoms with Crippen molar-refractivity contribution in [3.63, 3.8) is 0 Å². The van der Waals surface area contributed by atoms with Crippen LogP contribution in [0, 0.1) is 15.9 Å².